The van der Waals surface area contributed by atoms with Gasteiger partial charge in [0, 0.05) is 19.3 Å². The fraction of sp³-hybridized carbons (Fsp3) is 0.538. The van der Waals surface area contributed by atoms with Gasteiger partial charge in [-0.2, -0.15) is 0 Å². The van der Waals surface area contributed by atoms with Crippen LogP contribution in [0.15, 0.2) is 29.2 Å². The van der Waals surface area contributed by atoms with Gasteiger partial charge in [-0.15, -0.1) is 0 Å². The predicted molar refractivity (Wildman–Crippen MR) is 70.3 cm³/mol. The number of sulfone groups is 1. The number of fused-ring (bicyclic) bond motifs is 1. The average Bonchev–Trinajstić information content (AvgIpc) is 2.62. The first kappa shape index (κ1) is 13.5. The molecule has 0 saturated heterocycles. The molecule has 0 spiro atoms. The molecular weight excluding hydrogens is 250 g/mol. The molecule has 1 atom stereocenters. The third-order valence-electron chi connectivity index (χ3n) is 3.08. The molecule has 1 aromatic carbocycles. The van der Waals surface area contributed by atoms with Crippen molar-refractivity contribution in [3.8, 4) is 0 Å². The lowest BCUT2D eigenvalue weighted by Gasteiger charge is -2.12. The molecule has 1 N–H and O–H groups in total. The van der Waals surface area contributed by atoms with Crippen molar-refractivity contribution < 1.29 is 13.2 Å². The van der Waals surface area contributed by atoms with Crippen molar-refractivity contribution in [3.05, 3.63) is 29.8 Å². The maximum absolute atomic E-state index is 11.9. The zero-order valence-corrected chi connectivity index (χ0v) is 11.4. The minimum absolute atomic E-state index is 0.0761. The molecule has 0 fully saturated rings. The average molecular weight is 269 g/mol. The molecule has 5 heteroatoms. The number of rotatable bonds is 6. The summed E-state index contributed by atoms with van der Waals surface area (Å²) in [6, 6.07) is 7.16. The van der Waals surface area contributed by atoms with Crippen molar-refractivity contribution in [2.75, 3.05) is 25.5 Å². The van der Waals surface area contributed by atoms with E-state index in [0.29, 0.717) is 11.5 Å². The minimum Gasteiger partial charge on any atom is -0.382 e. The molecule has 0 amide bonds. The summed E-state index contributed by atoms with van der Waals surface area (Å²) in [5.41, 5.74) is 0.897. The molecule has 0 saturated carbocycles. The summed E-state index contributed by atoms with van der Waals surface area (Å²) in [4.78, 5) is 0.479. The van der Waals surface area contributed by atoms with Crippen molar-refractivity contribution in [2.45, 2.75) is 24.3 Å². The van der Waals surface area contributed by atoms with Crippen molar-refractivity contribution in [1.29, 1.82) is 0 Å². The first-order valence-electron chi connectivity index (χ1n) is 6.28. The van der Waals surface area contributed by atoms with E-state index in [1.54, 1.807) is 12.1 Å². The van der Waals surface area contributed by atoms with Gasteiger partial charge in [-0.3, -0.25) is 0 Å². The standard InChI is InChI=1S/C13H19NO3S/c1-2-17-9-5-8-14-12-10-18(15,16)13-7-4-3-6-11(12)13/h3-4,6-7,12,14H,2,5,8-10H2,1H3. The normalized spacial score (nSPS) is 20.8. The Morgan fingerprint density at radius 2 is 2.17 bits per heavy atom. The lowest BCUT2D eigenvalue weighted by atomic mass is 10.1. The Morgan fingerprint density at radius 3 is 2.94 bits per heavy atom. The summed E-state index contributed by atoms with van der Waals surface area (Å²) in [5, 5.41) is 3.29. The first-order valence-corrected chi connectivity index (χ1v) is 7.93. The molecule has 0 aliphatic carbocycles. The van der Waals surface area contributed by atoms with Gasteiger partial charge in [0.25, 0.3) is 0 Å². The third kappa shape index (κ3) is 2.91. The van der Waals surface area contributed by atoms with E-state index in [1.165, 1.54) is 0 Å². The number of benzene rings is 1. The van der Waals surface area contributed by atoms with E-state index in [-0.39, 0.29) is 11.8 Å². The van der Waals surface area contributed by atoms with E-state index in [0.717, 1.165) is 25.1 Å². The largest absolute Gasteiger partial charge is 0.382 e. The van der Waals surface area contributed by atoms with Gasteiger partial charge in [0.1, 0.15) is 0 Å². The zero-order chi connectivity index (χ0) is 13.0. The number of nitrogens with one attached hydrogen (secondary N) is 1. The van der Waals surface area contributed by atoms with Crippen LogP contribution in [0.5, 0.6) is 0 Å². The van der Waals surface area contributed by atoms with E-state index < -0.39 is 9.84 Å². The van der Waals surface area contributed by atoms with E-state index in [1.807, 2.05) is 19.1 Å². The van der Waals surface area contributed by atoms with E-state index in [4.69, 9.17) is 4.74 Å². The highest BCUT2D eigenvalue weighted by Crippen LogP contribution is 2.32. The Morgan fingerprint density at radius 1 is 1.39 bits per heavy atom. The van der Waals surface area contributed by atoms with Crippen LogP contribution in [0.25, 0.3) is 0 Å². The summed E-state index contributed by atoms with van der Waals surface area (Å²) < 4.78 is 29.1. The van der Waals surface area contributed by atoms with E-state index >= 15 is 0 Å². The Hall–Kier alpha value is -0.910. The van der Waals surface area contributed by atoms with Gasteiger partial charge in [0.05, 0.1) is 10.6 Å². The van der Waals surface area contributed by atoms with E-state index in [2.05, 4.69) is 5.32 Å². The SMILES string of the molecule is CCOCCCNC1CS(=O)(=O)c2ccccc21. The highest BCUT2D eigenvalue weighted by molar-refractivity contribution is 7.91. The van der Waals surface area contributed by atoms with Gasteiger partial charge in [0.15, 0.2) is 9.84 Å². The van der Waals surface area contributed by atoms with Crippen molar-refractivity contribution in [1.82, 2.24) is 5.32 Å². The van der Waals surface area contributed by atoms with Crippen molar-refractivity contribution >= 4 is 9.84 Å². The molecule has 100 valence electrons. The molecule has 0 radical (unpaired) electrons. The van der Waals surface area contributed by atoms with Crippen LogP contribution in [0, 0.1) is 0 Å². The molecular formula is C13H19NO3S. The second kappa shape index (κ2) is 5.82. The number of ether oxygens (including phenoxy) is 1. The maximum Gasteiger partial charge on any atom is 0.180 e. The Kier molecular flexibility index (Phi) is 4.37. The maximum atomic E-state index is 11.9. The topological polar surface area (TPSA) is 55.4 Å². The molecule has 4 nitrogen and oxygen atoms in total. The van der Waals surface area contributed by atoms with Crippen LogP contribution in [0.3, 0.4) is 0 Å². The minimum atomic E-state index is -3.10. The second-order valence-electron chi connectivity index (χ2n) is 4.38. The number of hydrogen-bond acceptors (Lipinski definition) is 4. The van der Waals surface area contributed by atoms with Crippen molar-refractivity contribution in [2.24, 2.45) is 0 Å². The van der Waals surface area contributed by atoms with Gasteiger partial charge in [0.2, 0.25) is 0 Å². The molecule has 1 aliphatic rings. The Labute approximate surface area is 108 Å². The van der Waals surface area contributed by atoms with Gasteiger partial charge in [-0.1, -0.05) is 18.2 Å². The third-order valence-corrected chi connectivity index (χ3v) is 4.89. The Balaban J connectivity index is 1.96. The van der Waals surface area contributed by atoms with Gasteiger partial charge >= 0.3 is 0 Å². The van der Waals surface area contributed by atoms with Crippen LogP contribution in [0.2, 0.25) is 0 Å². The highest BCUT2D eigenvalue weighted by atomic mass is 32.2. The molecule has 0 aromatic heterocycles. The molecule has 1 aliphatic heterocycles. The molecule has 1 unspecified atom stereocenters. The summed E-state index contributed by atoms with van der Waals surface area (Å²) in [5.74, 6) is 0.168. The van der Waals surface area contributed by atoms with Crippen LogP contribution >= 0.6 is 0 Å². The molecule has 0 bridgehead atoms. The van der Waals surface area contributed by atoms with Crippen LogP contribution in [-0.2, 0) is 14.6 Å². The van der Waals surface area contributed by atoms with Crippen LogP contribution < -0.4 is 5.32 Å². The molecule has 18 heavy (non-hydrogen) atoms. The molecule has 1 aromatic rings. The summed E-state index contributed by atoms with van der Waals surface area (Å²) >= 11 is 0. The van der Waals surface area contributed by atoms with Gasteiger partial charge in [-0.05, 0) is 31.5 Å². The van der Waals surface area contributed by atoms with E-state index in [9.17, 15) is 8.42 Å². The van der Waals surface area contributed by atoms with Gasteiger partial charge < -0.3 is 10.1 Å². The quantitative estimate of drug-likeness (QED) is 0.796. The fourth-order valence-corrected chi connectivity index (χ4v) is 3.99. The lowest BCUT2D eigenvalue weighted by molar-refractivity contribution is 0.144. The molecule has 2 rings (SSSR count). The van der Waals surface area contributed by atoms with Crippen LogP contribution in [0.1, 0.15) is 24.9 Å². The smallest absolute Gasteiger partial charge is 0.180 e. The monoisotopic (exact) mass is 269 g/mol. The van der Waals surface area contributed by atoms with Gasteiger partial charge in [-0.25, -0.2) is 8.42 Å². The van der Waals surface area contributed by atoms with Crippen LogP contribution in [0.4, 0.5) is 0 Å². The summed E-state index contributed by atoms with van der Waals surface area (Å²) in [6.07, 6.45) is 0.895. The summed E-state index contributed by atoms with van der Waals surface area (Å²) in [7, 11) is -3.10. The number of hydrogen-bond donors (Lipinski definition) is 1. The fourth-order valence-electron chi connectivity index (χ4n) is 2.21. The highest BCUT2D eigenvalue weighted by Gasteiger charge is 2.33. The van der Waals surface area contributed by atoms with Crippen molar-refractivity contribution in [3.63, 3.8) is 0 Å². The van der Waals surface area contributed by atoms with Crippen LogP contribution in [-0.4, -0.2) is 33.9 Å². The zero-order valence-electron chi connectivity index (χ0n) is 10.6. The lowest BCUT2D eigenvalue weighted by Crippen LogP contribution is -2.24. The first-order chi connectivity index (χ1) is 8.65. The summed E-state index contributed by atoms with van der Waals surface area (Å²) in [6.45, 7) is 4.17. The Bertz CT molecular complexity index is 499. The molecule has 1 heterocycles. The predicted octanol–water partition coefficient (Wildman–Crippen LogP) is 1.53. The second-order valence-corrected chi connectivity index (χ2v) is 6.38.